The van der Waals surface area contributed by atoms with Crippen molar-refractivity contribution in [3.8, 4) is 0 Å². The average molecular weight is 331 g/mol. The molecule has 1 atom stereocenters. The normalized spacial score (nSPS) is 23.4. The summed E-state index contributed by atoms with van der Waals surface area (Å²) in [7, 11) is 1.74. The van der Waals surface area contributed by atoms with Gasteiger partial charge in [0.1, 0.15) is 0 Å². The molecule has 2 saturated heterocycles. The highest BCUT2D eigenvalue weighted by Gasteiger charge is 2.31. The standard InChI is InChI=1S/C19H29N3O2/c1-24-14-13-21-10-7-17(8-11-21)19(23)22-12-9-20-18(15-22)16-5-3-2-4-6-16/h2-6,17-18,20H,7-15H2,1H3/t18-/m0/s1. The molecule has 1 N–H and O–H groups in total. The Hall–Kier alpha value is -1.43. The van der Waals surface area contributed by atoms with Gasteiger partial charge in [-0.05, 0) is 31.5 Å². The largest absolute Gasteiger partial charge is 0.383 e. The highest BCUT2D eigenvalue weighted by atomic mass is 16.5. The van der Waals surface area contributed by atoms with Gasteiger partial charge in [0.2, 0.25) is 5.91 Å². The quantitative estimate of drug-likeness (QED) is 0.888. The first-order valence-corrected chi connectivity index (χ1v) is 9.06. The van der Waals surface area contributed by atoms with Gasteiger partial charge in [0, 0.05) is 45.2 Å². The monoisotopic (exact) mass is 331 g/mol. The van der Waals surface area contributed by atoms with Gasteiger partial charge in [0.15, 0.2) is 0 Å². The summed E-state index contributed by atoms with van der Waals surface area (Å²) in [5.41, 5.74) is 1.27. The molecule has 24 heavy (non-hydrogen) atoms. The second kappa shape index (κ2) is 8.60. The topological polar surface area (TPSA) is 44.8 Å². The second-order valence-electron chi connectivity index (χ2n) is 6.81. The lowest BCUT2D eigenvalue weighted by Gasteiger charge is -2.38. The van der Waals surface area contributed by atoms with E-state index in [0.717, 1.165) is 58.7 Å². The van der Waals surface area contributed by atoms with E-state index >= 15 is 0 Å². The van der Waals surface area contributed by atoms with E-state index in [1.807, 2.05) is 6.07 Å². The zero-order valence-corrected chi connectivity index (χ0v) is 14.6. The Kier molecular flexibility index (Phi) is 6.24. The Labute approximate surface area is 145 Å². The number of piperazine rings is 1. The number of ether oxygens (including phenoxy) is 1. The summed E-state index contributed by atoms with van der Waals surface area (Å²) in [6.45, 7) is 6.25. The van der Waals surface area contributed by atoms with Crippen LogP contribution in [0.15, 0.2) is 30.3 Å². The van der Waals surface area contributed by atoms with E-state index in [2.05, 4.69) is 39.4 Å². The maximum atomic E-state index is 12.9. The number of amides is 1. The van der Waals surface area contributed by atoms with Gasteiger partial charge in [-0.2, -0.15) is 0 Å². The van der Waals surface area contributed by atoms with Crippen molar-refractivity contribution < 1.29 is 9.53 Å². The first-order chi connectivity index (χ1) is 11.8. The Morgan fingerprint density at radius 3 is 2.67 bits per heavy atom. The van der Waals surface area contributed by atoms with Crippen molar-refractivity contribution in [1.82, 2.24) is 15.1 Å². The Morgan fingerprint density at radius 1 is 1.21 bits per heavy atom. The SMILES string of the molecule is COCCN1CCC(C(=O)N2CCN[C@H](c3ccccc3)C2)CC1. The van der Waals surface area contributed by atoms with Crippen molar-refractivity contribution in [1.29, 1.82) is 0 Å². The van der Waals surface area contributed by atoms with Crippen molar-refractivity contribution in [2.75, 3.05) is 53.0 Å². The highest BCUT2D eigenvalue weighted by Crippen LogP contribution is 2.23. The molecule has 2 fully saturated rings. The third-order valence-electron chi connectivity index (χ3n) is 5.24. The molecule has 5 nitrogen and oxygen atoms in total. The molecule has 0 aliphatic carbocycles. The van der Waals surface area contributed by atoms with Gasteiger partial charge in [-0.15, -0.1) is 0 Å². The maximum absolute atomic E-state index is 12.9. The molecule has 0 bridgehead atoms. The number of benzene rings is 1. The van der Waals surface area contributed by atoms with E-state index in [1.54, 1.807) is 7.11 Å². The van der Waals surface area contributed by atoms with Gasteiger partial charge >= 0.3 is 0 Å². The molecule has 5 heteroatoms. The van der Waals surface area contributed by atoms with Gasteiger partial charge in [-0.1, -0.05) is 30.3 Å². The molecule has 0 aromatic heterocycles. The number of piperidine rings is 1. The number of hydrogen-bond donors (Lipinski definition) is 1. The highest BCUT2D eigenvalue weighted by molar-refractivity contribution is 5.79. The van der Waals surface area contributed by atoms with E-state index in [1.165, 1.54) is 5.56 Å². The van der Waals surface area contributed by atoms with Crippen molar-refractivity contribution in [2.24, 2.45) is 5.92 Å². The minimum atomic E-state index is 0.193. The van der Waals surface area contributed by atoms with Crippen LogP contribution in [0.4, 0.5) is 0 Å². The van der Waals surface area contributed by atoms with E-state index in [4.69, 9.17) is 4.74 Å². The smallest absolute Gasteiger partial charge is 0.225 e. The minimum absolute atomic E-state index is 0.193. The molecular weight excluding hydrogens is 302 g/mol. The van der Waals surface area contributed by atoms with Crippen LogP contribution >= 0.6 is 0 Å². The number of likely N-dealkylation sites (tertiary alicyclic amines) is 1. The second-order valence-corrected chi connectivity index (χ2v) is 6.81. The van der Waals surface area contributed by atoms with Crippen molar-refractivity contribution in [3.05, 3.63) is 35.9 Å². The molecule has 1 aromatic rings. The summed E-state index contributed by atoms with van der Waals surface area (Å²) >= 11 is 0. The predicted molar refractivity (Wildman–Crippen MR) is 94.8 cm³/mol. The number of nitrogens with zero attached hydrogens (tertiary/aromatic N) is 2. The molecular formula is C19H29N3O2. The van der Waals surface area contributed by atoms with E-state index in [-0.39, 0.29) is 12.0 Å². The Bertz CT molecular complexity index is 515. The van der Waals surface area contributed by atoms with Crippen LogP contribution in [-0.2, 0) is 9.53 Å². The third-order valence-corrected chi connectivity index (χ3v) is 5.24. The number of nitrogens with one attached hydrogen (secondary N) is 1. The zero-order chi connectivity index (χ0) is 16.8. The zero-order valence-electron chi connectivity index (χ0n) is 14.6. The van der Waals surface area contributed by atoms with Crippen LogP contribution in [0.25, 0.3) is 0 Å². The van der Waals surface area contributed by atoms with Gasteiger partial charge < -0.3 is 19.9 Å². The van der Waals surface area contributed by atoms with Crippen LogP contribution in [0.1, 0.15) is 24.4 Å². The summed E-state index contributed by atoms with van der Waals surface area (Å²) in [4.78, 5) is 17.4. The average Bonchev–Trinajstić information content (AvgIpc) is 2.67. The van der Waals surface area contributed by atoms with Crippen molar-refractivity contribution >= 4 is 5.91 Å². The van der Waals surface area contributed by atoms with Gasteiger partial charge in [-0.25, -0.2) is 0 Å². The number of methoxy groups -OCH3 is 1. The molecule has 2 heterocycles. The lowest BCUT2D eigenvalue weighted by Crippen LogP contribution is -2.51. The van der Waals surface area contributed by atoms with Crippen LogP contribution in [0.3, 0.4) is 0 Å². The fourth-order valence-electron chi connectivity index (χ4n) is 3.74. The van der Waals surface area contributed by atoms with E-state index < -0.39 is 0 Å². The van der Waals surface area contributed by atoms with Gasteiger partial charge in [0.05, 0.1) is 6.61 Å². The summed E-state index contributed by atoms with van der Waals surface area (Å²) in [5, 5.41) is 3.54. The fraction of sp³-hybridized carbons (Fsp3) is 0.632. The third kappa shape index (κ3) is 4.35. The molecule has 0 saturated carbocycles. The number of hydrogen-bond acceptors (Lipinski definition) is 4. The molecule has 1 amide bonds. The molecule has 2 aliphatic rings. The Morgan fingerprint density at radius 2 is 1.96 bits per heavy atom. The minimum Gasteiger partial charge on any atom is -0.383 e. The lowest BCUT2D eigenvalue weighted by atomic mass is 9.94. The summed E-state index contributed by atoms with van der Waals surface area (Å²) in [5.74, 6) is 0.544. The van der Waals surface area contributed by atoms with Crippen LogP contribution in [0.5, 0.6) is 0 Å². The van der Waals surface area contributed by atoms with Crippen LogP contribution in [0.2, 0.25) is 0 Å². The fourth-order valence-corrected chi connectivity index (χ4v) is 3.74. The van der Waals surface area contributed by atoms with E-state index in [0.29, 0.717) is 5.91 Å². The number of rotatable bonds is 5. The molecule has 2 aliphatic heterocycles. The van der Waals surface area contributed by atoms with Crippen LogP contribution in [0, 0.1) is 5.92 Å². The maximum Gasteiger partial charge on any atom is 0.225 e. The molecule has 1 aromatic carbocycles. The molecule has 3 rings (SSSR count). The molecule has 0 spiro atoms. The van der Waals surface area contributed by atoms with Gasteiger partial charge in [0.25, 0.3) is 0 Å². The number of carbonyl (C=O) groups excluding carboxylic acids is 1. The van der Waals surface area contributed by atoms with Crippen molar-refractivity contribution in [2.45, 2.75) is 18.9 Å². The van der Waals surface area contributed by atoms with Crippen LogP contribution < -0.4 is 5.32 Å². The number of carbonyl (C=O) groups is 1. The lowest BCUT2D eigenvalue weighted by molar-refractivity contribution is -0.138. The first kappa shape index (κ1) is 17.4. The van der Waals surface area contributed by atoms with Crippen LogP contribution in [-0.4, -0.2) is 68.7 Å². The first-order valence-electron chi connectivity index (χ1n) is 9.06. The molecule has 132 valence electrons. The molecule has 0 unspecified atom stereocenters. The van der Waals surface area contributed by atoms with E-state index in [9.17, 15) is 4.79 Å². The Balaban J connectivity index is 1.52. The molecule has 0 radical (unpaired) electrons. The van der Waals surface area contributed by atoms with Gasteiger partial charge in [-0.3, -0.25) is 4.79 Å². The summed E-state index contributed by atoms with van der Waals surface area (Å²) < 4.78 is 5.14. The predicted octanol–water partition coefficient (Wildman–Crippen LogP) is 1.52. The van der Waals surface area contributed by atoms with Crippen molar-refractivity contribution in [3.63, 3.8) is 0 Å². The summed E-state index contributed by atoms with van der Waals surface area (Å²) in [6, 6.07) is 10.7. The summed E-state index contributed by atoms with van der Waals surface area (Å²) in [6.07, 6.45) is 1.95.